The van der Waals surface area contributed by atoms with Gasteiger partial charge >= 0.3 is 0 Å². The second-order valence-corrected chi connectivity index (χ2v) is 14.9. The number of fused-ring (bicyclic) bond motifs is 5. The maximum absolute atomic E-state index is 13.2. The fourth-order valence-electron chi connectivity index (χ4n) is 8.71. The molecule has 2 heterocycles. The van der Waals surface area contributed by atoms with Crippen LogP contribution in [0.4, 0.5) is 0 Å². The standard InChI is InChI=1S/C31H35NOS2/c1-30-18-26(21-6-4-20(5-7-21)23-3-2-14-32-19-23)29-24-12-13-31(34-15-16-35-31)17-22(24)8-9-25(29)27(30)10-11-28(30)33/h2-7,14,17,19,24-27,29H,8-13,15-16,18H2,1H3/t24-,25-,26+,27-,29+,30-/m0/s1. The van der Waals surface area contributed by atoms with Crippen LogP contribution in [0, 0.1) is 29.1 Å². The average molecular weight is 502 g/mol. The lowest BCUT2D eigenvalue weighted by molar-refractivity contribution is -0.132. The SMILES string of the molecule is C[C@]12C[C@H](c3ccc(-c4cccnc4)cc3)[C@H]3[C@@H](CCC4=CC5(CC[C@@H]43)SCCS5)[C@@H]1CCC2=O. The molecule has 182 valence electrons. The molecule has 0 unspecified atom stereocenters. The van der Waals surface area contributed by atoms with Crippen molar-refractivity contribution in [3.63, 3.8) is 0 Å². The summed E-state index contributed by atoms with van der Waals surface area (Å²) >= 11 is 4.40. The summed E-state index contributed by atoms with van der Waals surface area (Å²) in [7, 11) is 0. The molecule has 5 aliphatic rings. The summed E-state index contributed by atoms with van der Waals surface area (Å²) in [6.45, 7) is 2.33. The maximum Gasteiger partial charge on any atom is 0.139 e. The van der Waals surface area contributed by atoms with Gasteiger partial charge in [-0.1, -0.05) is 48.9 Å². The van der Waals surface area contributed by atoms with E-state index in [1.54, 1.807) is 5.57 Å². The number of hydrogen-bond acceptors (Lipinski definition) is 4. The molecule has 3 saturated carbocycles. The molecule has 0 N–H and O–H groups in total. The van der Waals surface area contributed by atoms with E-state index in [2.05, 4.69) is 71.8 Å². The highest BCUT2D eigenvalue weighted by Gasteiger charge is 2.60. The third-order valence-electron chi connectivity index (χ3n) is 10.3. The third kappa shape index (κ3) is 3.61. The monoisotopic (exact) mass is 501 g/mol. The molecule has 2 aromatic rings. The molecule has 0 radical (unpaired) electrons. The largest absolute Gasteiger partial charge is 0.299 e. The number of rotatable bonds is 2. The van der Waals surface area contributed by atoms with Crippen LogP contribution in [0.25, 0.3) is 11.1 Å². The molecule has 1 aromatic carbocycles. The van der Waals surface area contributed by atoms with Gasteiger partial charge in [0.2, 0.25) is 0 Å². The van der Waals surface area contributed by atoms with Gasteiger partial charge in [-0.3, -0.25) is 9.78 Å². The number of Topliss-reactive ketones (excluding diaryl/α,β-unsaturated/α-hetero) is 1. The minimum atomic E-state index is -0.123. The van der Waals surface area contributed by atoms with Crippen LogP contribution in [0.2, 0.25) is 0 Å². The van der Waals surface area contributed by atoms with Gasteiger partial charge in [0.1, 0.15) is 5.78 Å². The Kier molecular flexibility index (Phi) is 5.51. The van der Waals surface area contributed by atoms with E-state index in [-0.39, 0.29) is 5.41 Å². The van der Waals surface area contributed by atoms with Crippen LogP contribution in [0.3, 0.4) is 0 Å². The smallest absolute Gasteiger partial charge is 0.139 e. The predicted molar refractivity (Wildman–Crippen MR) is 148 cm³/mol. The van der Waals surface area contributed by atoms with Gasteiger partial charge in [0.05, 0.1) is 4.08 Å². The van der Waals surface area contributed by atoms with E-state index in [0.29, 0.717) is 39.5 Å². The average Bonchev–Trinajstić information content (AvgIpc) is 3.47. The van der Waals surface area contributed by atoms with Crippen molar-refractivity contribution in [1.29, 1.82) is 0 Å². The Morgan fingerprint density at radius 2 is 1.77 bits per heavy atom. The van der Waals surface area contributed by atoms with Crippen molar-refractivity contribution in [3.05, 3.63) is 66.0 Å². The Labute approximate surface area is 218 Å². The highest BCUT2D eigenvalue weighted by atomic mass is 32.2. The summed E-state index contributed by atoms with van der Waals surface area (Å²) < 4.78 is 0.367. The summed E-state index contributed by atoms with van der Waals surface area (Å²) in [4.78, 5) is 17.6. The molecule has 1 saturated heterocycles. The van der Waals surface area contributed by atoms with Crippen LogP contribution in [0.15, 0.2) is 60.4 Å². The number of allylic oxidation sites excluding steroid dienone is 1. The number of benzene rings is 1. The van der Waals surface area contributed by atoms with E-state index in [1.807, 2.05) is 18.5 Å². The fraction of sp³-hybridized carbons (Fsp3) is 0.548. The molecule has 1 aliphatic heterocycles. The lowest BCUT2D eigenvalue weighted by Crippen LogP contribution is -2.50. The number of ketones is 1. The van der Waals surface area contributed by atoms with Crippen molar-refractivity contribution >= 4 is 29.3 Å². The molecular formula is C31H35NOS2. The van der Waals surface area contributed by atoms with Crippen LogP contribution in [0.1, 0.15) is 63.4 Å². The molecule has 1 aromatic heterocycles. The summed E-state index contributed by atoms with van der Waals surface area (Å²) in [5, 5.41) is 0. The molecule has 35 heavy (non-hydrogen) atoms. The first-order chi connectivity index (χ1) is 17.1. The van der Waals surface area contributed by atoms with E-state index < -0.39 is 0 Å². The minimum absolute atomic E-state index is 0.123. The number of carbonyl (C=O) groups is 1. The van der Waals surface area contributed by atoms with Crippen molar-refractivity contribution < 1.29 is 4.79 Å². The molecule has 4 fully saturated rings. The quantitative estimate of drug-likeness (QED) is 0.393. The Bertz CT molecular complexity index is 1150. The lowest BCUT2D eigenvalue weighted by Gasteiger charge is -2.56. The van der Waals surface area contributed by atoms with E-state index in [0.717, 1.165) is 19.3 Å². The summed E-state index contributed by atoms with van der Waals surface area (Å²) in [5.41, 5.74) is 5.50. The molecule has 1 spiro atoms. The van der Waals surface area contributed by atoms with Gasteiger partial charge in [-0.15, -0.1) is 23.5 Å². The predicted octanol–water partition coefficient (Wildman–Crippen LogP) is 7.76. The molecule has 4 heteroatoms. The Morgan fingerprint density at radius 1 is 0.943 bits per heavy atom. The van der Waals surface area contributed by atoms with Gasteiger partial charge in [-0.05, 0) is 90.9 Å². The normalized spacial score (nSPS) is 37.5. The van der Waals surface area contributed by atoms with E-state index in [4.69, 9.17) is 0 Å². The Hall–Kier alpha value is -1.52. The third-order valence-corrected chi connectivity index (χ3v) is 13.7. The molecule has 4 aliphatic carbocycles. The van der Waals surface area contributed by atoms with Gasteiger partial charge < -0.3 is 0 Å². The van der Waals surface area contributed by atoms with Gasteiger partial charge in [-0.25, -0.2) is 0 Å². The van der Waals surface area contributed by atoms with Crippen molar-refractivity contribution in [2.24, 2.45) is 29.1 Å². The summed E-state index contributed by atoms with van der Waals surface area (Å²) in [6, 6.07) is 13.5. The van der Waals surface area contributed by atoms with Gasteiger partial charge in [0.25, 0.3) is 0 Å². The van der Waals surface area contributed by atoms with Gasteiger partial charge in [0, 0.05) is 35.7 Å². The van der Waals surface area contributed by atoms with E-state index in [9.17, 15) is 4.79 Å². The minimum Gasteiger partial charge on any atom is -0.299 e. The van der Waals surface area contributed by atoms with E-state index >= 15 is 0 Å². The highest BCUT2D eigenvalue weighted by molar-refractivity contribution is 8.21. The second-order valence-electron chi connectivity index (χ2n) is 11.8. The molecule has 6 atom stereocenters. The first-order valence-electron chi connectivity index (χ1n) is 13.6. The highest BCUT2D eigenvalue weighted by Crippen LogP contribution is 2.66. The van der Waals surface area contributed by atoms with Crippen LogP contribution >= 0.6 is 23.5 Å². The van der Waals surface area contributed by atoms with Crippen LogP contribution in [0.5, 0.6) is 0 Å². The zero-order chi connectivity index (χ0) is 23.6. The summed E-state index contributed by atoms with van der Waals surface area (Å²) in [6.07, 6.45) is 14.7. The Morgan fingerprint density at radius 3 is 2.54 bits per heavy atom. The van der Waals surface area contributed by atoms with Crippen LogP contribution < -0.4 is 0 Å². The van der Waals surface area contributed by atoms with Crippen LogP contribution in [-0.2, 0) is 4.79 Å². The topological polar surface area (TPSA) is 30.0 Å². The summed E-state index contributed by atoms with van der Waals surface area (Å²) in [5.74, 6) is 6.33. The Balaban J connectivity index is 1.27. The zero-order valence-electron chi connectivity index (χ0n) is 20.6. The first-order valence-corrected chi connectivity index (χ1v) is 15.6. The zero-order valence-corrected chi connectivity index (χ0v) is 22.3. The molecule has 7 rings (SSSR count). The number of nitrogens with zero attached hydrogens (tertiary/aromatic N) is 1. The number of carbonyl (C=O) groups excluding carboxylic acids is 1. The van der Waals surface area contributed by atoms with Crippen molar-refractivity contribution in [3.8, 4) is 11.1 Å². The van der Waals surface area contributed by atoms with Crippen molar-refractivity contribution in [2.75, 3.05) is 11.5 Å². The number of pyridine rings is 1. The first kappa shape index (κ1) is 22.7. The second kappa shape index (κ2) is 8.52. The molecule has 2 nitrogen and oxygen atoms in total. The number of thioether (sulfide) groups is 2. The molecule has 0 bridgehead atoms. The lowest BCUT2D eigenvalue weighted by atomic mass is 9.48. The van der Waals surface area contributed by atoms with E-state index in [1.165, 1.54) is 53.9 Å². The van der Waals surface area contributed by atoms with Crippen molar-refractivity contribution in [1.82, 2.24) is 4.98 Å². The molecule has 0 amide bonds. The van der Waals surface area contributed by atoms with Gasteiger partial charge in [0.15, 0.2) is 0 Å². The molecular weight excluding hydrogens is 466 g/mol. The fourth-order valence-corrected chi connectivity index (χ4v) is 11.9. The van der Waals surface area contributed by atoms with Gasteiger partial charge in [-0.2, -0.15) is 0 Å². The number of hydrogen-bond donors (Lipinski definition) is 0. The maximum atomic E-state index is 13.2. The number of aromatic nitrogens is 1. The van der Waals surface area contributed by atoms with Crippen LogP contribution in [-0.4, -0.2) is 26.4 Å². The van der Waals surface area contributed by atoms with Crippen molar-refractivity contribution in [2.45, 2.75) is 61.9 Å².